The fourth-order valence-corrected chi connectivity index (χ4v) is 2.32. The highest BCUT2D eigenvalue weighted by Gasteiger charge is 2.15. The lowest BCUT2D eigenvalue weighted by Gasteiger charge is -2.20. The predicted octanol–water partition coefficient (Wildman–Crippen LogP) is 2.22. The molecule has 110 valence electrons. The van der Waals surface area contributed by atoms with Gasteiger partial charge in [0, 0.05) is 5.56 Å². The standard InChI is InChI=1S/C13H11FN2O4S/c14-10-3-7-12(8-4-10)16(21(19)20)11-5-1-9(2-6-11)13(17)15-18/h1-8,18H,(H,15,17)(H,19,20). The van der Waals surface area contributed by atoms with Crippen LogP contribution in [0.1, 0.15) is 10.4 Å². The van der Waals surface area contributed by atoms with Crippen LogP contribution in [0, 0.1) is 5.82 Å². The highest BCUT2D eigenvalue weighted by atomic mass is 32.2. The van der Waals surface area contributed by atoms with Gasteiger partial charge in [-0.2, -0.15) is 0 Å². The minimum Gasteiger partial charge on any atom is -0.289 e. The first-order valence-electron chi connectivity index (χ1n) is 5.74. The third-order valence-corrected chi connectivity index (χ3v) is 3.42. The van der Waals surface area contributed by atoms with E-state index in [0.717, 1.165) is 4.31 Å². The van der Waals surface area contributed by atoms with Crippen molar-refractivity contribution in [1.82, 2.24) is 5.48 Å². The number of rotatable bonds is 4. The Morgan fingerprint density at radius 2 is 1.52 bits per heavy atom. The van der Waals surface area contributed by atoms with Crippen LogP contribution in [0.2, 0.25) is 0 Å². The van der Waals surface area contributed by atoms with Gasteiger partial charge in [0.2, 0.25) is 0 Å². The molecule has 0 aliphatic rings. The second-order valence-electron chi connectivity index (χ2n) is 3.99. The molecule has 0 radical (unpaired) electrons. The van der Waals surface area contributed by atoms with Gasteiger partial charge in [0.25, 0.3) is 17.2 Å². The maximum Gasteiger partial charge on any atom is 0.274 e. The molecule has 21 heavy (non-hydrogen) atoms. The summed E-state index contributed by atoms with van der Waals surface area (Å²) in [5.74, 6) is -1.16. The van der Waals surface area contributed by atoms with Crippen molar-refractivity contribution >= 4 is 28.5 Å². The second-order valence-corrected chi connectivity index (χ2v) is 4.82. The first-order chi connectivity index (χ1) is 10.0. The van der Waals surface area contributed by atoms with Crippen LogP contribution >= 0.6 is 0 Å². The molecule has 1 atom stereocenters. The van der Waals surface area contributed by atoms with Crippen LogP contribution in [0.25, 0.3) is 0 Å². The van der Waals surface area contributed by atoms with E-state index >= 15 is 0 Å². The molecule has 0 saturated heterocycles. The summed E-state index contributed by atoms with van der Waals surface area (Å²) in [7, 11) is 0. The molecule has 0 aliphatic heterocycles. The van der Waals surface area contributed by atoms with Crippen molar-refractivity contribution in [1.29, 1.82) is 0 Å². The molecular weight excluding hydrogens is 299 g/mol. The van der Waals surface area contributed by atoms with E-state index in [0.29, 0.717) is 11.4 Å². The molecule has 2 aromatic rings. The second kappa shape index (κ2) is 6.44. The van der Waals surface area contributed by atoms with Gasteiger partial charge in [-0.3, -0.25) is 14.6 Å². The Balaban J connectivity index is 2.37. The average molecular weight is 310 g/mol. The van der Waals surface area contributed by atoms with Gasteiger partial charge < -0.3 is 0 Å². The summed E-state index contributed by atoms with van der Waals surface area (Å²) in [4.78, 5) is 11.2. The lowest BCUT2D eigenvalue weighted by atomic mass is 10.2. The highest BCUT2D eigenvalue weighted by Crippen LogP contribution is 2.27. The van der Waals surface area contributed by atoms with E-state index in [9.17, 15) is 17.9 Å². The maximum absolute atomic E-state index is 12.9. The molecule has 8 heteroatoms. The summed E-state index contributed by atoms with van der Waals surface area (Å²) in [5, 5.41) is 8.52. The number of benzene rings is 2. The zero-order valence-electron chi connectivity index (χ0n) is 10.6. The van der Waals surface area contributed by atoms with Crippen molar-refractivity contribution in [3.05, 3.63) is 59.9 Å². The Morgan fingerprint density at radius 1 is 1.05 bits per heavy atom. The summed E-state index contributed by atoms with van der Waals surface area (Å²) in [6.07, 6.45) is 0. The molecular formula is C13H11FN2O4S. The zero-order chi connectivity index (χ0) is 15.4. The van der Waals surface area contributed by atoms with Crippen LogP contribution in [-0.2, 0) is 11.3 Å². The fourth-order valence-electron chi connectivity index (χ4n) is 1.72. The molecule has 0 spiro atoms. The summed E-state index contributed by atoms with van der Waals surface area (Å²) in [5.41, 5.74) is 2.32. The number of carbonyl (C=O) groups excluding carboxylic acids is 1. The van der Waals surface area contributed by atoms with Crippen LogP contribution in [-0.4, -0.2) is 19.9 Å². The van der Waals surface area contributed by atoms with Gasteiger partial charge in [-0.05, 0) is 48.5 Å². The number of hydroxylamine groups is 1. The number of hydrogen-bond acceptors (Lipinski definition) is 3. The van der Waals surface area contributed by atoms with Crippen LogP contribution in [0.5, 0.6) is 0 Å². The molecule has 0 aliphatic carbocycles. The first-order valence-corrected chi connectivity index (χ1v) is 6.80. The van der Waals surface area contributed by atoms with E-state index in [1.165, 1.54) is 54.0 Å². The topological polar surface area (TPSA) is 89.9 Å². The normalized spacial score (nSPS) is 11.8. The van der Waals surface area contributed by atoms with Gasteiger partial charge in [0.05, 0.1) is 11.4 Å². The molecule has 2 rings (SSSR count). The van der Waals surface area contributed by atoms with Crippen LogP contribution in [0.15, 0.2) is 48.5 Å². The van der Waals surface area contributed by atoms with Crippen molar-refractivity contribution in [2.24, 2.45) is 0 Å². The summed E-state index contributed by atoms with van der Waals surface area (Å²) >= 11 is -2.37. The Labute approximate surface area is 122 Å². The van der Waals surface area contributed by atoms with Gasteiger partial charge >= 0.3 is 0 Å². The van der Waals surface area contributed by atoms with Gasteiger partial charge in [0.1, 0.15) is 5.82 Å². The number of amides is 1. The van der Waals surface area contributed by atoms with Crippen LogP contribution < -0.4 is 9.79 Å². The molecule has 1 unspecified atom stereocenters. The monoisotopic (exact) mass is 310 g/mol. The molecule has 0 heterocycles. The average Bonchev–Trinajstić information content (AvgIpc) is 2.49. The Morgan fingerprint density at radius 3 is 1.95 bits per heavy atom. The molecule has 1 amide bonds. The lowest BCUT2D eigenvalue weighted by molar-refractivity contribution is 0.0706. The third-order valence-electron chi connectivity index (χ3n) is 2.68. The van der Waals surface area contributed by atoms with E-state index < -0.39 is 23.0 Å². The van der Waals surface area contributed by atoms with E-state index in [4.69, 9.17) is 5.21 Å². The molecule has 3 N–H and O–H groups in total. The van der Waals surface area contributed by atoms with Crippen LogP contribution in [0.3, 0.4) is 0 Å². The molecule has 6 nitrogen and oxygen atoms in total. The van der Waals surface area contributed by atoms with Gasteiger partial charge in [-0.25, -0.2) is 18.4 Å². The van der Waals surface area contributed by atoms with E-state index in [1.807, 2.05) is 0 Å². The third kappa shape index (κ3) is 3.43. The SMILES string of the molecule is O=C(NO)c1ccc(N(c2ccc(F)cc2)S(=O)O)cc1. The van der Waals surface area contributed by atoms with Crippen molar-refractivity contribution in [2.75, 3.05) is 4.31 Å². The number of nitrogens with one attached hydrogen (secondary N) is 1. The molecule has 2 aromatic carbocycles. The first kappa shape index (κ1) is 15.1. The molecule has 0 fully saturated rings. The minimum atomic E-state index is -2.37. The smallest absolute Gasteiger partial charge is 0.274 e. The van der Waals surface area contributed by atoms with E-state index in [1.54, 1.807) is 0 Å². The largest absolute Gasteiger partial charge is 0.289 e. The number of hydrogen-bond donors (Lipinski definition) is 3. The number of nitrogens with zero attached hydrogens (tertiary/aromatic N) is 1. The Kier molecular flexibility index (Phi) is 4.63. The summed E-state index contributed by atoms with van der Waals surface area (Å²) < 4.78 is 34.8. The summed E-state index contributed by atoms with van der Waals surface area (Å²) in [6.45, 7) is 0. The quantitative estimate of drug-likeness (QED) is 0.459. The van der Waals surface area contributed by atoms with Gasteiger partial charge in [0.15, 0.2) is 0 Å². The minimum absolute atomic E-state index is 0.184. The van der Waals surface area contributed by atoms with Crippen molar-refractivity contribution in [3.63, 3.8) is 0 Å². The highest BCUT2D eigenvalue weighted by molar-refractivity contribution is 7.81. The van der Waals surface area contributed by atoms with Gasteiger partial charge in [-0.1, -0.05) is 0 Å². The lowest BCUT2D eigenvalue weighted by Crippen LogP contribution is -2.20. The van der Waals surface area contributed by atoms with E-state index in [-0.39, 0.29) is 5.56 Å². The maximum atomic E-state index is 12.9. The number of halogens is 1. The molecule has 0 saturated carbocycles. The molecule has 0 bridgehead atoms. The summed E-state index contributed by atoms with van der Waals surface area (Å²) in [6, 6.07) is 10.7. The van der Waals surface area contributed by atoms with Crippen molar-refractivity contribution in [2.45, 2.75) is 0 Å². The predicted molar refractivity (Wildman–Crippen MR) is 75.0 cm³/mol. The Hall–Kier alpha value is -2.29. The fraction of sp³-hybridized carbons (Fsp3) is 0. The van der Waals surface area contributed by atoms with Gasteiger partial charge in [-0.15, -0.1) is 0 Å². The van der Waals surface area contributed by atoms with Crippen molar-refractivity contribution < 1.29 is 23.2 Å². The molecule has 0 aromatic heterocycles. The van der Waals surface area contributed by atoms with Crippen molar-refractivity contribution in [3.8, 4) is 0 Å². The number of carbonyl (C=O) groups is 1. The zero-order valence-corrected chi connectivity index (χ0v) is 11.4. The van der Waals surface area contributed by atoms with Crippen LogP contribution in [0.4, 0.5) is 15.8 Å². The Bertz CT molecular complexity index is 661. The van der Waals surface area contributed by atoms with E-state index in [2.05, 4.69) is 0 Å². The number of anilines is 2.